The van der Waals surface area contributed by atoms with Crippen LogP contribution in [0.2, 0.25) is 0 Å². The Morgan fingerprint density at radius 3 is 2.91 bits per heavy atom. The van der Waals surface area contributed by atoms with Gasteiger partial charge < -0.3 is 10.1 Å². The minimum atomic E-state index is -0.0467. The maximum Gasteiger partial charge on any atom is 0.226 e. The highest BCUT2D eigenvalue weighted by atomic mass is 32.2. The van der Waals surface area contributed by atoms with E-state index in [0.717, 1.165) is 35.3 Å². The van der Waals surface area contributed by atoms with Crippen molar-refractivity contribution >= 4 is 17.7 Å². The van der Waals surface area contributed by atoms with Crippen LogP contribution in [0, 0.1) is 5.92 Å². The topological polar surface area (TPSA) is 38.3 Å². The molecule has 2 aliphatic rings. The van der Waals surface area contributed by atoms with E-state index in [9.17, 15) is 4.79 Å². The Morgan fingerprint density at radius 2 is 2.05 bits per heavy atom. The third-order valence-electron chi connectivity index (χ3n) is 4.56. The fourth-order valence-electron chi connectivity index (χ4n) is 3.27. The summed E-state index contributed by atoms with van der Waals surface area (Å²) < 4.78 is 5.69. The van der Waals surface area contributed by atoms with Crippen LogP contribution in [0.3, 0.4) is 0 Å². The fourth-order valence-corrected chi connectivity index (χ4v) is 4.49. The van der Waals surface area contributed by atoms with Gasteiger partial charge in [0.05, 0.1) is 5.92 Å². The van der Waals surface area contributed by atoms with Gasteiger partial charge in [0.15, 0.2) is 0 Å². The lowest BCUT2D eigenvalue weighted by molar-refractivity contribution is -0.126. The highest BCUT2D eigenvalue weighted by Gasteiger charge is 2.25. The van der Waals surface area contributed by atoms with Crippen molar-refractivity contribution in [1.29, 1.82) is 0 Å². The van der Waals surface area contributed by atoms with Crippen molar-refractivity contribution in [1.82, 2.24) is 5.32 Å². The van der Waals surface area contributed by atoms with Gasteiger partial charge in [-0.05, 0) is 30.9 Å². The average Bonchev–Trinajstić information content (AvgIpc) is 2.59. The average molecular weight is 319 g/mol. The van der Waals surface area contributed by atoms with Crippen LogP contribution in [-0.2, 0) is 11.2 Å². The molecule has 0 aromatic heterocycles. The molecule has 0 saturated heterocycles. The second kappa shape index (κ2) is 7.91. The Balaban J connectivity index is 1.37. The van der Waals surface area contributed by atoms with Crippen molar-refractivity contribution in [3.05, 3.63) is 29.8 Å². The number of benzene rings is 1. The number of hydrogen-bond acceptors (Lipinski definition) is 3. The first-order chi connectivity index (χ1) is 10.8. The number of fused-ring (bicyclic) bond motifs is 1. The number of carbonyl (C=O) groups excluding carboxylic acids is 1. The van der Waals surface area contributed by atoms with Crippen LogP contribution < -0.4 is 10.1 Å². The molecule has 1 aliphatic carbocycles. The normalized spacial score (nSPS) is 21.7. The molecule has 1 atom stereocenters. The zero-order valence-corrected chi connectivity index (χ0v) is 13.9. The molecule has 22 heavy (non-hydrogen) atoms. The largest absolute Gasteiger partial charge is 0.492 e. The van der Waals surface area contributed by atoms with Gasteiger partial charge in [0.2, 0.25) is 5.91 Å². The molecule has 1 aromatic carbocycles. The van der Waals surface area contributed by atoms with Gasteiger partial charge >= 0.3 is 0 Å². The lowest BCUT2D eigenvalue weighted by Gasteiger charge is -2.25. The molecule has 1 N–H and O–H groups in total. The molecule has 0 spiro atoms. The zero-order chi connectivity index (χ0) is 15.2. The van der Waals surface area contributed by atoms with Gasteiger partial charge in [-0.1, -0.05) is 37.5 Å². The summed E-state index contributed by atoms with van der Waals surface area (Å²) >= 11 is 2.03. The molecule has 1 amide bonds. The third kappa shape index (κ3) is 4.19. The van der Waals surface area contributed by atoms with E-state index in [2.05, 4.69) is 5.32 Å². The van der Waals surface area contributed by atoms with Crippen molar-refractivity contribution in [3.63, 3.8) is 0 Å². The number of para-hydroxylation sites is 1. The van der Waals surface area contributed by atoms with E-state index in [-0.39, 0.29) is 11.8 Å². The van der Waals surface area contributed by atoms with E-state index < -0.39 is 0 Å². The number of rotatable bonds is 5. The lowest BCUT2D eigenvalue weighted by Crippen LogP contribution is -2.38. The van der Waals surface area contributed by atoms with Crippen LogP contribution in [0.4, 0.5) is 0 Å². The second-order valence-electron chi connectivity index (χ2n) is 6.24. The van der Waals surface area contributed by atoms with Gasteiger partial charge in [-0.25, -0.2) is 0 Å². The highest BCUT2D eigenvalue weighted by Crippen LogP contribution is 2.28. The Kier molecular flexibility index (Phi) is 5.65. The summed E-state index contributed by atoms with van der Waals surface area (Å²) in [6.45, 7) is 1.27. The molecule has 3 rings (SSSR count). The molecule has 4 heteroatoms. The summed E-state index contributed by atoms with van der Waals surface area (Å²) in [7, 11) is 0. The first-order valence-electron chi connectivity index (χ1n) is 8.43. The Bertz CT molecular complexity index is 500. The van der Waals surface area contributed by atoms with E-state index in [4.69, 9.17) is 4.74 Å². The maximum absolute atomic E-state index is 12.3. The molecule has 1 aliphatic heterocycles. The van der Waals surface area contributed by atoms with Crippen molar-refractivity contribution in [2.75, 3.05) is 18.9 Å². The van der Waals surface area contributed by atoms with Gasteiger partial charge in [-0.15, -0.1) is 0 Å². The lowest BCUT2D eigenvalue weighted by atomic mass is 9.96. The highest BCUT2D eigenvalue weighted by molar-refractivity contribution is 7.99. The minimum Gasteiger partial charge on any atom is -0.492 e. The van der Waals surface area contributed by atoms with Crippen LogP contribution in [0.25, 0.3) is 0 Å². The molecule has 1 fully saturated rings. The van der Waals surface area contributed by atoms with Crippen LogP contribution in [0.15, 0.2) is 24.3 Å². The fraction of sp³-hybridized carbons (Fsp3) is 0.611. The molecule has 120 valence electrons. The zero-order valence-electron chi connectivity index (χ0n) is 13.1. The minimum absolute atomic E-state index is 0.0467. The summed E-state index contributed by atoms with van der Waals surface area (Å²) in [4.78, 5) is 12.3. The summed E-state index contributed by atoms with van der Waals surface area (Å²) in [6, 6.07) is 8.00. The van der Waals surface area contributed by atoms with Crippen molar-refractivity contribution in [2.45, 2.75) is 43.8 Å². The van der Waals surface area contributed by atoms with Crippen LogP contribution >= 0.6 is 11.8 Å². The van der Waals surface area contributed by atoms with Crippen molar-refractivity contribution in [2.24, 2.45) is 5.92 Å². The van der Waals surface area contributed by atoms with Gasteiger partial charge in [0.1, 0.15) is 12.4 Å². The quantitative estimate of drug-likeness (QED) is 0.845. The Hall–Kier alpha value is -1.16. The predicted molar refractivity (Wildman–Crippen MR) is 91.5 cm³/mol. The standard InChI is InChI=1S/C18H25NO2S/c20-18(19-10-11-22-16-7-2-1-3-8-16)15-12-14-6-4-5-9-17(14)21-13-15/h4-6,9,15-16H,1-3,7-8,10-13H2,(H,19,20)/t15-/m1/s1. The van der Waals surface area contributed by atoms with E-state index >= 15 is 0 Å². The number of ether oxygens (including phenoxy) is 1. The van der Waals surface area contributed by atoms with Gasteiger partial charge in [0, 0.05) is 17.5 Å². The molecule has 0 radical (unpaired) electrons. The number of thioether (sulfide) groups is 1. The molecule has 1 saturated carbocycles. The van der Waals surface area contributed by atoms with Gasteiger partial charge in [-0.2, -0.15) is 11.8 Å². The van der Waals surface area contributed by atoms with Crippen LogP contribution in [0.1, 0.15) is 37.7 Å². The number of amides is 1. The summed E-state index contributed by atoms with van der Waals surface area (Å²) in [5, 5.41) is 3.90. The molecule has 0 bridgehead atoms. The first-order valence-corrected chi connectivity index (χ1v) is 9.48. The number of hydrogen-bond donors (Lipinski definition) is 1. The molecule has 3 nitrogen and oxygen atoms in total. The van der Waals surface area contributed by atoms with Crippen LogP contribution in [-0.4, -0.2) is 30.1 Å². The maximum atomic E-state index is 12.3. The molecule has 1 aromatic rings. The third-order valence-corrected chi connectivity index (χ3v) is 5.94. The van der Waals surface area contributed by atoms with Crippen LogP contribution in [0.5, 0.6) is 5.75 Å². The summed E-state index contributed by atoms with van der Waals surface area (Å²) in [5.41, 5.74) is 1.14. The molecule has 0 unspecified atom stereocenters. The number of carbonyl (C=O) groups is 1. The molecular weight excluding hydrogens is 294 g/mol. The van der Waals surface area contributed by atoms with Gasteiger partial charge in [0.25, 0.3) is 0 Å². The smallest absolute Gasteiger partial charge is 0.226 e. The van der Waals surface area contributed by atoms with Crippen molar-refractivity contribution < 1.29 is 9.53 Å². The number of nitrogens with one attached hydrogen (secondary N) is 1. The first kappa shape index (κ1) is 15.7. The monoisotopic (exact) mass is 319 g/mol. The van der Waals surface area contributed by atoms with E-state index in [0.29, 0.717) is 6.61 Å². The van der Waals surface area contributed by atoms with E-state index in [1.807, 2.05) is 36.0 Å². The summed E-state index contributed by atoms with van der Waals surface area (Å²) in [5.74, 6) is 2.05. The SMILES string of the molecule is O=C(NCCSC1CCCCC1)[C@H]1COc2ccccc2C1. The molecule has 1 heterocycles. The van der Waals surface area contributed by atoms with E-state index in [1.54, 1.807) is 0 Å². The Morgan fingerprint density at radius 1 is 1.23 bits per heavy atom. The predicted octanol–water partition coefficient (Wildman–Crippen LogP) is 3.42. The van der Waals surface area contributed by atoms with Crippen molar-refractivity contribution in [3.8, 4) is 5.75 Å². The Labute approximate surface area is 137 Å². The summed E-state index contributed by atoms with van der Waals surface area (Å²) in [6.07, 6.45) is 7.65. The van der Waals surface area contributed by atoms with Gasteiger partial charge in [-0.3, -0.25) is 4.79 Å². The second-order valence-corrected chi connectivity index (χ2v) is 7.65. The molecular formula is C18H25NO2S. The van der Waals surface area contributed by atoms with E-state index in [1.165, 1.54) is 32.1 Å².